The number of benzene rings is 1. The van der Waals surface area contributed by atoms with E-state index in [-0.39, 0.29) is 14.6 Å². The van der Waals surface area contributed by atoms with Gasteiger partial charge in [0, 0.05) is 34.1 Å². The van der Waals surface area contributed by atoms with E-state index in [0.717, 1.165) is 10.9 Å². The molecule has 0 spiro atoms. The third kappa shape index (κ3) is 3.54. The predicted octanol–water partition coefficient (Wildman–Crippen LogP) is 3.34. The highest BCUT2D eigenvalue weighted by Crippen LogP contribution is 2.30. The lowest BCUT2D eigenvalue weighted by Gasteiger charge is -2.42. The highest BCUT2D eigenvalue weighted by molar-refractivity contribution is 5.89. The zero-order chi connectivity index (χ0) is 21.4. The predicted molar refractivity (Wildman–Crippen MR) is 121 cm³/mol. The van der Waals surface area contributed by atoms with Crippen molar-refractivity contribution in [3.63, 3.8) is 0 Å². The van der Waals surface area contributed by atoms with E-state index in [2.05, 4.69) is 30.4 Å². The number of hydrogen-bond acceptors (Lipinski definition) is 6. The van der Waals surface area contributed by atoms with Gasteiger partial charge in [-0.2, -0.15) is 5.10 Å². The number of halogens is 1. The SMILES string of the molecule is CC(O)(c1ccccc1)[C@@H]1CN(c2ccc(F)c(-c3[nH]nc4ncccc34)n2)CCN1.[HH].[HH]. The average molecular weight is 423 g/mol. The van der Waals surface area contributed by atoms with Gasteiger partial charge in [0.2, 0.25) is 0 Å². The maximum atomic E-state index is 14.7. The molecular weight excluding hydrogens is 395 g/mol. The average Bonchev–Trinajstić information content (AvgIpc) is 3.24. The molecule has 1 aliphatic heterocycles. The van der Waals surface area contributed by atoms with Crippen LogP contribution in [0.15, 0.2) is 60.8 Å². The molecule has 0 aliphatic carbocycles. The van der Waals surface area contributed by atoms with Crippen LogP contribution in [0.25, 0.3) is 22.4 Å². The van der Waals surface area contributed by atoms with Crippen LogP contribution < -0.4 is 10.2 Å². The van der Waals surface area contributed by atoms with Crippen molar-refractivity contribution in [1.29, 1.82) is 0 Å². The number of rotatable bonds is 4. The van der Waals surface area contributed by atoms with Crippen LogP contribution in [0.2, 0.25) is 0 Å². The smallest absolute Gasteiger partial charge is 0.181 e. The van der Waals surface area contributed by atoms with Gasteiger partial charge in [0.05, 0.1) is 11.7 Å². The molecule has 0 saturated carbocycles. The Balaban J connectivity index is 0.00000153. The lowest BCUT2D eigenvalue weighted by atomic mass is 9.87. The molecule has 0 amide bonds. The van der Waals surface area contributed by atoms with Crippen molar-refractivity contribution >= 4 is 16.9 Å². The van der Waals surface area contributed by atoms with Crippen molar-refractivity contribution in [2.75, 3.05) is 24.5 Å². The van der Waals surface area contributed by atoms with Crippen molar-refractivity contribution in [2.45, 2.75) is 18.6 Å². The monoisotopic (exact) mass is 422 g/mol. The van der Waals surface area contributed by atoms with Gasteiger partial charge in [-0.15, -0.1) is 0 Å². The Labute approximate surface area is 181 Å². The summed E-state index contributed by atoms with van der Waals surface area (Å²) >= 11 is 0. The number of H-pyrrole nitrogens is 1. The number of aliphatic hydroxyl groups is 1. The molecule has 2 atom stereocenters. The second-order valence-electron chi connectivity index (χ2n) is 7.94. The van der Waals surface area contributed by atoms with Crippen LogP contribution >= 0.6 is 0 Å². The first-order valence-electron chi connectivity index (χ1n) is 10.3. The lowest BCUT2D eigenvalue weighted by Crippen LogP contribution is -2.59. The molecule has 4 heterocycles. The molecule has 5 rings (SSSR count). The number of pyridine rings is 2. The molecular formula is C23H27FN6O. The molecule has 4 aromatic rings. The molecule has 7 nitrogen and oxygen atoms in total. The van der Waals surface area contributed by atoms with E-state index in [0.29, 0.717) is 36.8 Å². The maximum absolute atomic E-state index is 14.7. The summed E-state index contributed by atoms with van der Waals surface area (Å²) < 4.78 is 14.7. The third-order valence-corrected chi connectivity index (χ3v) is 5.93. The molecule has 3 aromatic heterocycles. The van der Waals surface area contributed by atoms with E-state index in [1.165, 1.54) is 6.07 Å². The number of hydrogen-bond donors (Lipinski definition) is 3. The van der Waals surface area contributed by atoms with Gasteiger partial charge in [-0.25, -0.2) is 14.4 Å². The van der Waals surface area contributed by atoms with Gasteiger partial charge < -0.3 is 15.3 Å². The molecule has 1 aromatic carbocycles. The Hall–Kier alpha value is -3.36. The van der Waals surface area contributed by atoms with Crippen molar-refractivity contribution < 1.29 is 12.4 Å². The number of anilines is 1. The van der Waals surface area contributed by atoms with Gasteiger partial charge in [-0.3, -0.25) is 5.10 Å². The van der Waals surface area contributed by atoms with Crippen LogP contribution in [-0.4, -0.2) is 50.9 Å². The van der Waals surface area contributed by atoms with Crippen LogP contribution in [0, 0.1) is 5.82 Å². The van der Waals surface area contributed by atoms with E-state index in [1.54, 1.807) is 18.3 Å². The molecule has 0 bridgehead atoms. The topological polar surface area (TPSA) is 90.0 Å². The van der Waals surface area contributed by atoms with Gasteiger partial charge in [-0.05, 0) is 36.8 Å². The van der Waals surface area contributed by atoms with E-state index in [1.807, 2.05) is 43.3 Å². The minimum Gasteiger partial charge on any atom is -0.384 e. The Bertz CT molecular complexity index is 1220. The van der Waals surface area contributed by atoms with Crippen molar-refractivity contribution in [2.24, 2.45) is 0 Å². The summed E-state index contributed by atoms with van der Waals surface area (Å²) in [5.41, 5.74) is 1.01. The second-order valence-corrected chi connectivity index (χ2v) is 7.94. The van der Waals surface area contributed by atoms with Crippen molar-refractivity contribution in [3.05, 3.63) is 72.2 Å². The standard InChI is InChI=1S/C23H23FN6O.2H2/c1-23(31,15-6-3-2-4-7-15)18-14-30(13-12-25-18)19-10-9-17(24)21(27-19)20-16-8-5-11-26-22(16)29-28-20;;/h2-11,18,25,31H,12-14H2,1H3,(H,26,28,29);2*1H/t18-,23?;;/m0../s1. The maximum Gasteiger partial charge on any atom is 0.181 e. The Morgan fingerprint density at radius 1 is 1.16 bits per heavy atom. The fourth-order valence-electron chi connectivity index (χ4n) is 4.13. The van der Waals surface area contributed by atoms with E-state index < -0.39 is 11.4 Å². The van der Waals surface area contributed by atoms with Crippen LogP contribution in [0.5, 0.6) is 0 Å². The van der Waals surface area contributed by atoms with Gasteiger partial charge in [0.15, 0.2) is 11.5 Å². The normalized spacial score (nSPS) is 18.8. The summed E-state index contributed by atoms with van der Waals surface area (Å²) in [4.78, 5) is 10.9. The molecule has 3 N–H and O–H groups in total. The fraction of sp³-hybridized carbons (Fsp3) is 0.261. The minimum absolute atomic E-state index is 0. The van der Waals surface area contributed by atoms with E-state index >= 15 is 0 Å². The van der Waals surface area contributed by atoms with Gasteiger partial charge >= 0.3 is 0 Å². The minimum atomic E-state index is -1.06. The molecule has 1 aliphatic rings. The first kappa shape index (κ1) is 19.6. The highest BCUT2D eigenvalue weighted by atomic mass is 19.1. The first-order chi connectivity index (χ1) is 15.0. The number of nitrogens with one attached hydrogen (secondary N) is 2. The summed E-state index contributed by atoms with van der Waals surface area (Å²) in [6, 6.07) is 16.1. The molecule has 31 heavy (non-hydrogen) atoms. The quantitative estimate of drug-likeness (QED) is 0.467. The van der Waals surface area contributed by atoms with Crippen LogP contribution in [0.4, 0.5) is 10.2 Å². The first-order valence-corrected chi connectivity index (χ1v) is 10.3. The third-order valence-electron chi connectivity index (χ3n) is 5.93. The van der Waals surface area contributed by atoms with Gasteiger partial charge in [0.1, 0.15) is 17.1 Å². The number of nitrogens with zero attached hydrogens (tertiary/aromatic N) is 4. The van der Waals surface area contributed by atoms with Gasteiger partial charge in [0.25, 0.3) is 0 Å². The largest absolute Gasteiger partial charge is 0.384 e. The zero-order valence-corrected chi connectivity index (χ0v) is 17.1. The second kappa shape index (κ2) is 7.72. The van der Waals surface area contributed by atoms with Crippen molar-refractivity contribution in [1.82, 2.24) is 25.5 Å². The van der Waals surface area contributed by atoms with Crippen LogP contribution in [-0.2, 0) is 5.60 Å². The number of aromatic nitrogens is 4. The molecule has 1 saturated heterocycles. The lowest BCUT2D eigenvalue weighted by molar-refractivity contribution is 0.0138. The van der Waals surface area contributed by atoms with Crippen molar-refractivity contribution in [3.8, 4) is 11.4 Å². The Morgan fingerprint density at radius 3 is 2.84 bits per heavy atom. The van der Waals surface area contributed by atoms with Crippen LogP contribution in [0.3, 0.4) is 0 Å². The Morgan fingerprint density at radius 2 is 2.00 bits per heavy atom. The summed E-state index contributed by atoms with van der Waals surface area (Å²) in [6.45, 7) is 3.73. The molecule has 8 heteroatoms. The molecule has 0 radical (unpaired) electrons. The van der Waals surface area contributed by atoms with E-state index in [4.69, 9.17) is 0 Å². The van der Waals surface area contributed by atoms with Gasteiger partial charge in [-0.1, -0.05) is 30.3 Å². The summed E-state index contributed by atoms with van der Waals surface area (Å²) in [6.07, 6.45) is 1.65. The Kier molecular flexibility index (Phi) is 4.88. The summed E-state index contributed by atoms with van der Waals surface area (Å²) in [7, 11) is 0. The zero-order valence-electron chi connectivity index (χ0n) is 17.1. The van der Waals surface area contributed by atoms with E-state index in [9.17, 15) is 9.50 Å². The fourth-order valence-corrected chi connectivity index (χ4v) is 4.13. The summed E-state index contributed by atoms with van der Waals surface area (Å²) in [5, 5.41) is 22.4. The molecule has 1 unspecified atom stereocenters. The number of aromatic amines is 1. The molecule has 1 fully saturated rings. The highest BCUT2D eigenvalue weighted by Gasteiger charge is 2.37. The number of fused-ring (bicyclic) bond motifs is 1. The molecule has 162 valence electrons. The summed E-state index contributed by atoms with van der Waals surface area (Å²) in [5.74, 6) is 0.222. The number of piperazine rings is 1. The van der Waals surface area contributed by atoms with Crippen LogP contribution in [0.1, 0.15) is 15.3 Å².